The number of carboxylic acid groups (broad SMARTS) is 1. The van der Waals surface area contributed by atoms with Crippen LogP contribution in [-0.2, 0) is 4.79 Å². The lowest BCUT2D eigenvalue weighted by Crippen LogP contribution is -2.63. The van der Waals surface area contributed by atoms with Gasteiger partial charge < -0.3 is 15.3 Å². The molecule has 2 aromatic rings. The number of aromatic nitrogens is 2. The van der Waals surface area contributed by atoms with Crippen molar-refractivity contribution in [1.82, 2.24) is 20.0 Å². The molecule has 4 rings (SSSR count). The Morgan fingerprint density at radius 1 is 1.31 bits per heavy atom. The third kappa shape index (κ3) is 2.78. The summed E-state index contributed by atoms with van der Waals surface area (Å²) in [5, 5.41) is 17.4. The molecule has 7 heteroatoms. The summed E-state index contributed by atoms with van der Waals surface area (Å²) < 4.78 is 1.70. The van der Waals surface area contributed by atoms with Crippen LogP contribution in [0, 0.1) is 5.41 Å². The maximum absolute atomic E-state index is 13.0. The zero-order chi connectivity index (χ0) is 18.1. The van der Waals surface area contributed by atoms with Crippen LogP contribution >= 0.6 is 0 Å². The van der Waals surface area contributed by atoms with E-state index in [0.29, 0.717) is 24.9 Å². The minimum absolute atomic E-state index is 0.0618. The molecule has 2 atom stereocenters. The first-order valence-corrected chi connectivity index (χ1v) is 8.96. The van der Waals surface area contributed by atoms with Crippen LogP contribution in [0.25, 0.3) is 5.69 Å². The predicted molar refractivity (Wildman–Crippen MR) is 95.2 cm³/mol. The molecule has 0 aliphatic carbocycles. The van der Waals surface area contributed by atoms with Gasteiger partial charge in [-0.3, -0.25) is 9.59 Å². The number of nitrogens with one attached hydrogen (secondary N) is 1. The first-order chi connectivity index (χ1) is 12.6. The Morgan fingerprint density at radius 3 is 2.96 bits per heavy atom. The average molecular weight is 354 g/mol. The van der Waals surface area contributed by atoms with Gasteiger partial charge in [0.15, 0.2) is 0 Å². The third-order valence-corrected chi connectivity index (χ3v) is 5.59. The van der Waals surface area contributed by atoms with E-state index < -0.39 is 11.4 Å². The lowest BCUT2D eigenvalue weighted by Gasteiger charge is -2.48. The second-order valence-corrected chi connectivity index (χ2v) is 7.09. The standard InChI is InChI=1S/C19H22N4O3/c24-17(14-4-1-5-15(12-14)23-10-3-9-21-23)22-11-6-16-19(13-22,18(25)26)7-2-8-20-16/h1,3-5,9-10,12,16,20H,2,6-8,11,13H2,(H,25,26)/t16-,19+/m0/s1. The van der Waals surface area contributed by atoms with E-state index in [4.69, 9.17) is 0 Å². The maximum Gasteiger partial charge on any atom is 0.313 e. The fourth-order valence-electron chi connectivity index (χ4n) is 4.20. The highest BCUT2D eigenvalue weighted by Crippen LogP contribution is 2.38. The number of hydrogen-bond donors (Lipinski definition) is 2. The van der Waals surface area contributed by atoms with Gasteiger partial charge in [-0.1, -0.05) is 6.07 Å². The van der Waals surface area contributed by atoms with E-state index in [1.165, 1.54) is 0 Å². The molecule has 0 unspecified atom stereocenters. The highest BCUT2D eigenvalue weighted by molar-refractivity contribution is 5.95. The summed E-state index contributed by atoms with van der Waals surface area (Å²) in [6, 6.07) is 9.05. The first kappa shape index (κ1) is 16.8. The summed E-state index contributed by atoms with van der Waals surface area (Å²) >= 11 is 0. The molecular weight excluding hydrogens is 332 g/mol. The number of aliphatic carboxylic acids is 1. The summed E-state index contributed by atoms with van der Waals surface area (Å²) in [6.07, 6.45) is 5.60. The van der Waals surface area contributed by atoms with Crippen molar-refractivity contribution in [1.29, 1.82) is 0 Å². The van der Waals surface area contributed by atoms with Crippen LogP contribution in [0.15, 0.2) is 42.7 Å². The number of carbonyl (C=O) groups is 2. The molecule has 0 radical (unpaired) electrons. The van der Waals surface area contributed by atoms with Crippen LogP contribution in [0.5, 0.6) is 0 Å². The van der Waals surface area contributed by atoms with Gasteiger partial charge in [-0.25, -0.2) is 4.68 Å². The topological polar surface area (TPSA) is 87.5 Å². The Labute approximate surface area is 151 Å². The monoisotopic (exact) mass is 354 g/mol. The van der Waals surface area contributed by atoms with E-state index in [1.807, 2.05) is 24.4 Å². The molecule has 0 spiro atoms. The second-order valence-electron chi connectivity index (χ2n) is 7.09. The maximum atomic E-state index is 13.0. The largest absolute Gasteiger partial charge is 0.481 e. The summed E-state index contributed by atoms with van der Waals surface area (Å²) in [6.45, 7) is 1.67. The number of nitrogens with zero attached hydrogens (tertiary/aromatic N) is 3. The van der Waals surface area contributed by atoms with Crippen molar-refractivity contribution >= 4 is 11.9 Å². The molecule has 0 saturated carbocycles. The summed E-state index contributed by atoms with van der Waals surface area (Å²) in [5.41, 5.74) is 0.481. The van der Waals surface area contributed by atoms with E-state index in [-0.39, 0.29) is 18.5 Å². The highest BCUT2D eigenvalue weighted by Gasteiger charge is 2.51. The number of piperidine rings is 2. The van der Waals surface area contributed by atoms with Crippen LogP contribution in [0.3, 0.4) is 0 Å². The molecule has 2 fully saturated rings. The highest BCUT2D eigenvalue weighted by atomic mass is 16.4. The summed E-state index contributed by atoms with van der Waals surface area (Å²) in [7, 11) is 0. The molecule has 2 aliphatic rings. The molecule has 2 saturated heterocycles. The van der Waals surface area contributed by atoms with Crippen LogP contribution < -0.4 is 5.32 Å². The average Bonchev–Trinajstić information content (AvgIpc) is 3.22. The fraction of sp³-hybridized carbons (Fsp3) is 0.421. The van der Waals surface area contributed by atoms with Gasteiger partial charge in [0.2, 0.25) is 0 Å². The molecule has 1 amide bonds. The molecule has 0 bridgehead atoms. The Balaban J connectivity index is 1.59. The van der Waals surface area contributed by atoms with E-state index >= 15 is 0 Å². The van der Waals surface area contributed by atoms with E-state index in [9.17, 15) is 14.7 Å². The van der Waals surface area contributed by atoms with Gasteiger partial charge in [0.25, 0.3) is 5.91 Å². The molecular formula is C19H22N4O3. The summed E-state index contributed by atoms with van der Waals surface area (Å²) in [4.78, 5) is 26.8. The SMILES string of the molecule is O=C(c1cccc(-n2cccn2)c1)N1CC[C@@H]2NCCC[C@@]2(C(=O)O)C1. The molecule has 3 heterocycles. The molecule has 2 aliphatic heterocycles. The van der Waals surface area contributed by atoms with Crippen LogP contribution in [-0.4, -0.2) is 57.3 Å². The number of amides is 1. The van der Waals surface area contributed by atoms with Crippen LogP contribution in [0.1, 0.15) is 29.6 Å². The normalized spacial score (nSPS) is 25.5. The minimum atomic E-state index is -0.883. The Hall–Kier alpha value is -2.67. The number of fused-ring (bicyclic) bond motifs is 1. The number of rotatable bonds is 3. The molecule has 136 valence electrons. The zero-order valence-electron chi connectivity index (χ0n) is 14.5. The van der Waals surface area contributed by atoms with Crippen molar-refractivity contribution in [2.45, 2.75) is 25.3 Å². The lowest BCUT2D eigenvalue weighted by molar-refractivity contribution is -0.156. The van der Waals surface area contributed by atoms with Gasteiger partial charge >= 0.3 is 5.97 Å². The minimum Gasteiger partial charge on any atom is -0.481 e. The van der Waals surface area contributed by atoms with Crippen molar-refractivity contribution in [2.24, 2.45) is 5.41 Å². The van der Waals surface area contributed by atoms with Crippen molar-refractivity contribution in [2.75, 3.05) is 19.6 Å². The molecule has 1 aromatic heterocycles. The predicted octanol–water partition coefficient (Wildman–Crippen LogP) is 1.54. The molecule has 1 aromatic carbocycles. The summed E-state index contributed by atoms with van der Waals surface area (Å²) in [5.74, 6) is -0.929. The smallest absolute Gasteiger partial charge is 0.313 e. The first-order valence-electron chi connectivity index (χ1n) is 8.96. The van der Waals surface area contributed by atoms with Crippen LogP contribution in [0.2, 0.25) is 0 Å². The van der Waals surface area contributed by atoms with Crippen molar-refractivity contribution in [3.05, 3.63) is 48.3 Å². The number of benzene rings is 1. The van der Waals surface area contributed by atoms with Crippen molar-refractivity contribution in [3.8, 4) is 5.69 Å². The van der Waals surface area contributed by atoms with Gasteiger partial charge in [0.05, 0.1) is 5.69 Å². The third-order valence-electron chi connectivity index (χ3n) is 5.59. The fourth-order valence-corrected chi connectivity index (χ4v) is 4.20. The number of hydrogen-bond acceptors (Lipinski definition) is 4. The number of likely N-dealkylation sites (tertiary alicyclic amines) is 1. The van der Waals surface area contributed by atoms with E-state index in [1.54, 1.807) is 27.9 Å². The number of carbonyl (C=O) groups excluding carboxylic acids is 1. The quantitative estimate of drug-likeness (QED) is 0.873. The van der Waals surface area contributed by atoms with Crippen LogP contribution in [0.4, 0.5) is 0 Å². The molecule has 26 heavy (non-hydrogen) atoms. The van der Waals surface area contributed by atoms with Crippen molar-refractivity contribution < 1.29 is 14.7 Å². The Bertz CT molecular complexity index is 820. The number of carboxylic acids is 1. The van der Waals surface area contributed by atoms with Gasteiger partial charge in [-0.2, -0.15) is 5.10 Å². The van der Waals surface area contributed by atoms with Crippen molar-refractivity contribution in [3.63, 3.8) is 0 Å². The second kappa shape index (κ2) is 6.57. The van der Waals surface area contributed by atoms with Gasteiger partial charge in [0, 0.05) is 37.1 Å². The zero-order valence-corrected chi connectivity index (χ0v) is 14.5. The van der Waals surface area contributed by atoms with E-state index in [0.717, 1.165) is 18.7 Å². The van der Waals surface area contributed by atoms with E-state index in [2.05, 4.69) is 10.4 Å². The van der Waals surface area contributed by atoms with Gasteiger partial charge in [-0.15, -0.1) is 0 Å². The molecule has 2 N–H and O–H groups in total. The molecule has 7 nitrogen and oxygen atoms in total. The Kier molecular flexibility index (Phi) is 4.24. The Morgan fingerprint density at radius 2 is 2.19 bits per heavy atom. The van der Waals surface area contributed by atoms with Gasteiger partial charge in [-0.05, 0) is 50.1 Å². The van der Waals surface area contributed by atoms with Gasteiger partial charge in [0.1, 0.15) is 5.41 Å². The lowest BCUT2D eigenvalue weighted by atomic mass is 9.70.